The van der Waals surface area contributed by atoms with Gasteiger partial charge >= 0.3 is 0 Å². The molecule has 0 aromatic heterocycles. The van der Waals surface area contributed by atoms with Crippen molar-refractivity contribution < 1.29 is 8.42 Å². The van der Waals surface area contributed by atoms with Gasteiger partial charge in [0.15, 0.2) is 0 Å². The fraction of sp³-hybridized carbons (Fsp3) is 0. The summed E-state index contributed by atoms with van der Waals surface area (Å²) in [6.07, 6.45) is 0. The second-order valence-electron chi connectivity index (χ2n) is 4.67. The van der Waals surface area contributed by atoms with Crippen molar-refractivity contribution in [1.82, 2.24) is 0 Å². The largest absolute Gasteiger partial charge is 0.398 e. The Hall–Kier alpha value is -2.53. The van der Waals surface area contributed by atoms with Gasteiger partial charge in [0.05, 0.1) is 10.6 Å². The molecule has 0 radical (unpaired) electrons. The van der Waals surface area contributed by atoms with Gasteiger partial charge in [-0.15, -0.1) is 0 Å². The SMILES string of the molecule is Nc1ccc(NS(=O)(=O)c2ccccc2)c2ccccc12. The first-order valence-electron chi connectivity index (χ1n) is 6.43. The van der Waals surface area contributed by atoms with Crippen molar-refractivity contribution in [3.63, 3.8) is 0 Å². The third-order valence-electron chi connectivity index (χ3n) is 3.26. The molecule has 0 bridgehead atoms. The van der Waals surface area contributed by atoms with Gasteiger partial charge in [-0.1, -0.05) is 42.5 Å². The fourth-order valence-electron chi connectivity index (χ4n) is 2.21. The van der Waals surface area contributed by atoms with Gasteiger partial charge in [0.25, 0.3) is 10.0 Å². The lowest BCUT2D eigenvalue weighted by Crippen LogP contribution is -2.13. The Labute approximate surface area is 123 Å². The van der Waals surface area contributed by atoms with Crippen LogP contribution >= 0.6 is 0 Å². The number of hydrogen-bond donors (Lipinski definition) is 2. The van der Waals surface area contributed by atoms with E-state index in [0.717, 1.165) is 10.8 Å². The number of anilines is 2. The van der Waals surface area contributed by atoms with Crippen LogP contribution in [0.1, 0.15) is 0 Å². The molecule has 3 aromatic carbocycles. The molecule has 3 N–H and O–H groups in total. The van der Waals surface area contributed by atoms with E-state index in [9.17, 15) is 8.42 Å². The molecule has 0 saturated heterocycles. The minimum atomic E-state index is -3.61. The molecule has 3 rings (SSSR count). The number of rotatable bonds is 3. The molecular weight excluding hydrogens is 284 g/mol. The summed E-state index contributed by atoms with van der Waals surface area (Å²) < 4.78 is 27.4. The molecule has 0 amide bonds. The average Bonchev–Trinajstić information content (AvgIpc) is 2.51. The Bertz CT molecular complexity index is 891. The minimum absolute atomic E-state index is 0.228. The lowest BCUT2D eigenvalue weighted by Gasteiger charge is -2.12. The number of sulfonamides is 1. The van der Waals surface area contributed by atoms with Crippen LogP contribution in [0.5, 0.6) is 0 Å². The van der Waals surface area contributed by atoms with E-state index in [1.807, 2.05) is 24.3 Å². The van der Waals surface area contributed by atoms with Gasteiger partial charge in [-0.05, 0) is 24.3 Å². The molecule has 0 atom stereocenters. The van der Waals surface area contributed by atoms with Crippen LogP contribution in [0.2, 0.25) is 0 Å². The maximum atomic E-state index is 12.4. The molecule has 0 fully saturated rings. The topological polar surface area (TPSA) is 72.2 Å². The normalized spacial score (nSPS) is 11.4. The number of nitrogens with one attached hydrogen (secondary N) is 1. The van der Waals surface area contributed by atoms with Crippen molar-refractivity contribution >= 4 is 32.2 Å². The Kier molecular flexibility index (Phi) is 3.27. The van der Waals surface area contributed by atoms with Crippen molar-refractivity contribution in [3.8, 4) is 0 Å². The molecule has 0 unspecified atom stereocenters. The predicted molar refractivity (Wildman–Crippen MR) is 85.6 cm³/mol. The molecule has 0 heterocycles. The van der Waals surface area contributed by atoms with Crippen molar-refractivity contribution in [2.45, 2.75) is 4.90 Å². The van der Waals surface area contributed by atoms with E-state index in [1.165, 1.54) is 0 Å². The van der Waals surface area contributed by atoms with Crippen LogP contribution in [0.4, 0.5) is 11.4 Å². The molecule has 4 nitrogen and oxygen atoms in total. The Morgan fingerprint density at radius 1 is 0.762 bits per heavy atom. The van der Waals surface area contributed by atoms with Gasteiger partial charge in [0.1, 0.15) is 0 Å². The van der Waals surface area contributed by atoms with Crippen LogP contribution in [-0.4, -0.2) is 8.42 Å². The zero-order valence-electron chi connectivity index (χ0n) is 11.2. The molecule has 21 heavy (non-hydrogen) atoms. The van der Waals surface area contributed by atoms with Crippen LogP contribution in [0.25, 0.3) is 10.8 Å². The zero-order chi connectivity index (χ0) is 14.9. The fourth-order valence-corrected chi connectivity index (χ4v) is 3.32. The highest BCUT2D eigenvalue weighted by atomic mass is 32.2. The number of benzene rings is 3. The third kappa shape index (κ3) is 2.55. The molecule has 0 aliphatic carbocycles. The Balaban J connectivity index is 2.09. The second-order valence-corrected chi connectivity index (χ2v) is 6.35. The van der Waals surface area contributed by atoms with E-state index >= 15 is 0 Å². The molecule has 0 saturated carbocycles. The standard InChI is InChI=1S/C16H14N2O2S/c17-15-10-11-16(14-9-5-4-8-13(14)15)18-21(19,20)12-6-2-1-3-7-12/h1-11,18H,17H2. The molecule has 0 spiro atoms. The summed E-state index contributed by atoms with van der Waals surface area (Å²) in [5, 5.41) is 1.60. The molecule has 106 valence electrons. The maximum Gasteiger partial charge on any atom is 0.261 e. The number of hydrogen-bond acceptors (Lipinski definition) is 3. The van der Waals surface area contributed by atoms with E-state index in [-0.39, 0.29) is 4.90 Å². The monoisotopic (exact) mass is 298 g/mol. The first-order valence-corrected chi connectivity index (χ1v) is 7.91. The van der Waals surface area contributed by atoms with Crippen LogP contribution < -0.4 is 10.5 Å². The summed E-state index contributed by atoms with van der Waals surface area (Å²) in [7, 11) is -3.61. The van der Waals surface area contributed by atoms with E-state index in [4.69, 9.17) is 5.73 Å². The lowest BCUT2D eigenvalue weighted by atomic mass is 10.1. The van der Waals surface area contributed by atoms with Crippen LogP contribution in [0.15, 0.2) is 71.6 Å². The summed E-state index contributed by atoms with van der Waals surface area (Å²) in [4.78, 5) is 0.228. The summed E-state index contributed by atoms with van der Waals surface area (Å²) >= 11 is 0. The minimum Gasteiger partial charge on any atom is -0.398 e. The highest BCUT2D eigenvalue weighted by molar-refractivity contribution is 7.92. The van der Waals surface area contributed by atoms with Crippen LogP contribution in [-0.2, 0) is 10.0 Å². The quantitative estimate of drug-likeness (QED) is 0.729. The predicted octanol–water partition coefficient (Wildman–Crippen LogP) is 3.22. The Morgan fingerprint density at radius 2 is 1.38 bits per heavy atom. The smallest absolute Gasteiger partial charge is 0.261 e. The maximum absolute atomic E-state index is 12.4. The zero-order valence-corrected chi connectivity index (χ0v) is 12.0. The van der Waals surface area contributed by atoms with Gasteiger partial charge in [0, 0.05) is 16.5 Å². The van der Waals surface area contributed by atoms with Gasteiger partial charge in [-0.25, -0.2) is 8.42 Å². The molecule has 0 aliphatic heterocycles. The summed E-state index contributed by atoms with van der Waals surface area (Å²) in [5.41, 5.74) is 7.06. The average molecular weight is 298 g/mol. The van der Waals surface area contributed by atoms with Gasteiger partial charge in [0.2, 0.25) is 0 Å². The van der Waals surface area contributed by atoms with E-state index < -0.39 is 10.0 Å². The first kappa shape index (κ1) is 13.5. The summed E-state index contributed by atoms with van der Waals surface area (Å²) in [5.74, 6) is 0. The van der Waals surface area contributed by atoms with E-state index in [1.54, 1.807) is 42.5 Å². The van der Waals surface area contributed by atoms with Gasteiger partial charge < -0.3 is 5.73 Å². The van der Waals surface area contributed by atoms with Gasteiger partial charge in [-0.3, -0.25) is 4.72 Å². The van der Waals surface area contributed by atoms with E-state index in [2.05, 4.69) is 4.72 Å². The summed E-state index contributed by atoms with van der Waals surface area (Å²) in [6.45, 7) is 0. The molecule has 0 aliphatic rings. The highest BCUT2D eigenvalue weighted by Gasteiger charge is 2.15. The van der Waals surface area contributed by atoms with Crippen molar-refractivity contribution in [1.29, 1.82) is 0 Å². The van der Waals surface area contributed by atoms with Crippen molar-refractivity contribution in [2.24, 2.45) is 0 Å². The Morgan fingerprint density at radius 3 is 2.10 bits per heavy atom. The second kappa shape index (κ2) is 5.10. The summed E-state index contributed by atoms with van der Waals surface area (Å²) in [6, 6.07) is 19.1. The molecular formula is C16H14N2O2S. The number of nitrogen functional groups attached to an aromatic ring is 1. The molecule has 3 aromatic rings. The van der Waals surface area contributed by atoms with Crippen molar-refractivity contribution in [2.75, 3.05) is 10.5 Å². The van der Waals surface area contributed by atoms with Crippen molar-refractivity contribution in [3.05, 3.63) is 66.7 Å². The van der Waals surface area contributed by atoms with E-state index in [0.29, 0.717) is 11.4 Å². The number of nitrogens with two attached hydrogens (primary N) is 1. The highest BCUT2D eigenvalue weighted by Crippen LogP contribution is 2.29. The van der Waals surface area contributed by atoms with Gasteiger partial charge in [-0.2, -0.15) is 0 Å². The van der Waals surface area contributed by atoms with Crippen LogP contribution in [0, 0.1) is 0 Å². The lowest BCUT2D eigenvalue weighted by molar-refractivity contribution is 0.601. The molecule has 5 heteroatoms. The third-order valence-corrected chi connectivity index (χ3v) is 4.64. The first-order chi connectivity index (χ1) is 10.1. The number of fused-ring (bicyclic) bond motifs is 1. The van der Waals surface area contributed by atoms with Crippen LogP contribution in [0.3, 0.4) is 0 Å².